The number of unbranched alkanes of at least 4 members (excludes halogenated alkanes) is 1. The van der Waals surface area contributed by atoms with Gasteiger partial charge in [0.1, 0.15) is 0 Å². The summed E-state index contributed by atoms with van der Waals surface area (Å²) < 4.78 is 10.9. The molecule has 0 fully saturated rings. The zero-order valence-corrected chi connectivity index (χ0v) is 15.0. The van der Waals surface area contributed by atoms with Gasteiger partial charge in [-0.1, -0.05) is 25.5 Å². The van der Waals surface area contributed by atoms with Crippen LogP contribution in [0, 0.1) is 10.1 Å². The Balaban J connectivity index is 2.16. The molecule has 0 amide bonds. The first-order valence-electron chi connectivity index (χ1n) is 8.50. The Bertz CT molecular complexity index is 537. The Morgan fingerprint density at radius 1 is 1.20 bits per heavy atom. The number of aliphatic imine (C=N–C) groups is 1. The third-order valence-corrected chi connectivity index (χ3v) is 3.36. The highest BCUT2D eigenvalue weighted by molar-refractivity contribution is 5.79. The fourth-order valence-electron chi connectivity index (χ4n) is 2.00. The minimum absolute atomic E-state index is 0.0804. The zero-order chi connectivity index (χ0) is 18.3. The van der Waals surface area contributed by atoms with E-state index >= 15 is 0 Å². The quantitative estimate of drug-likeness (QED) is 0.196. The molecular weight excluding hydrogens is 324 g/mol. The third-order valence-electron chi connectivity index (χ3n) is 3.36. The summed E-state index contributed by atoms with van der Waals surface area (Å²) >= 11 is 0. The van der Waals surface area contributed by atoms with Crippen LogP contribution in [-0.4, -0.2) is 50.9 Å². The monoisotopic (exact) mass is 352 g/mol. The lowest BCUT2D eigenvalue weighted by Crippen LogP contribution is -2.38. The van der Waals surface area contributed by atoms with Crippen molar-refractivity contribution in [3.05, 3.63) is 39.9 Å². The predicted molar refractivity (Wildman–Crippen MR) is 97.8 cm³/mol. The molecule has 1 aromatic rings. The van der Waals surface area contributed by atoms with E-state index in [2.05, 4.69) is 22.5 Å². The average Bonchev–Trinajstić information content (AvgIpc) is 2.63. The summed E-state index contributed by atoms with van der Waals surface area (Å²) in [5.74, 6) is 0.620. The molecule has 1 rings (SSSR count). The molecule has 25 heavy (non-hydrogen) atoms. The van der Waals surface area contributed by atoms with E-state index < -0.39 is 4.92 Å². The molecule has 0 aliphatic carbocycles. The maximum atomic E-state index is 10.8. The van der Waals surface area contributed by atoms with Crippen LogP contribution in [0.4, 0.5) is 5.69 Å². The summed E-state index contributed by atoms with van der Waals surface area (Å²) in [4.78, 5) is 14.5. The van der Waals surface area contributed by atoms with Crippen molar-refractivity contribution in [2.24, 2.45) is 4.99 Å². The van der Waals surface area contributed by atoms with Crippen LogP contribution >= 0.6 is 0 Å². The summed E-state index contributed by atoms with van der Waals surface area (Å²) in [6.07, 6.45) is 2.21. The predicted octanol–water partition coefficient (Wildman–Crippen LogP) is 2.09. The lowest BCUT2D eigenvalue weighted by molar-refractivity contribution is -0.384. The molecule has 0 bridgehead atoms. The molecule has 0 saturated carbocycles. The number of non-ortho nitro benzene ring substituents is 1. The molecule has 0 unspecified atom stereocenters. The molecule has 8 heteroatoms. The van der Waals surface area contributed by atoms with E-state index in [0.29, 0.717) is 38.9 Å². The standard InChI is InChI=1S/C17H28N4O4/c1-3-4-9-24-11-12-25-10-8-19-17(18-2)20-14-15-6-5-7-16(13-15)21(22)23/h5-7,13H,3-4,8-12,14H2,1-2H3,(H2,18,19,20). The minimum Gasteiger partial charge on any atom is -0.379 e. The molecule has 0 spiro atoms. The fourth-order valence-corrected chi connectivity index (χ4v) is 2.00. The number of nitro benzene ring substituents is 1. The normalized spacial score (nSPS) is 11.4. The minimum atomic E-state index is -0.403. The van der Waals surface area contributed by atoms with Gasteiger partial charge in [0.2, 0.25) is 0 Å². The molecule has 0 aromatic heterocycles. The second kappa shape index (κ2) is 13.1. The van der Waals surface area contributed by atoms with Crippen molar-refractivity contribution < 1.29 is 14.4 Å². The van der Waals surface area contributed by atoms with E-state index in [0.717, 1.165) is 25.0 Å². The van der Waals surface area contributed by atoms with Crippen molar-refractivity contribution in [2.75, 3.05) is 40.0 Å². The fraction of sp³-hybridized carbons (Fsp3) is 0.588. The van der Waals surface area contributed by atoms with Crippen LogP contribution in [-0.2, 0) is 16.0 Å². The number of ether oxygens (including phenoxy) is 2. The van der Waals surface area contributed by atoms with E-state index in [1.165, 1.54) is 6.07 Å². The van der Waals surface area contributed by atoms with Crippen molar-refractivity contribution in [1.82, 2.24) is 10.6 Å². The van der Waals surface area contributed by atoms with Gasteiger partial charge in [-0.15, -0.1) is 0 Å². The number of hydrogen-bond donors (Lipinski definition) is 2. The molecule has 2 N–H and O–H groups in total. The Morgan fingerprint density at radius 2 is 1.96 bits per heavy atom. The second-order valence-electron chi connectivity index (χ2n) is 5.36. The van der Waals surface area contributed by atoms with Crippen molar-refractivity contribution in [3.8, 4) is 0 Å². The third kappa shape index (κ3) is 9.63. The van der Waals surface area contributed by atoms with Crippen molar-refractivity contribution >= 4 is 11.6 Å². The molecule has 0 saturated heterocycles. The van der Waals surface area contributed by atoms with Gasteiger partial charge in [0.25, 0.3) is 5.69 Å². The lowest BCUT2D eigenvalue weighted by Gasteiger charge is -2.12. The Morgan fingerprint density at radius 3 is 2.64 bits per heavy atom. The highest BCUT2D eigenvalue weighted by atomic mass is 16.6. The van der Waals surface area contributed by atoms with Gasteiger partial charge in [-0.25, -0.2) is 0 Å². The van der Waals surface area contributed by atoms with Crippen LogP contribution < -0.4 is 10.6 Å². The molecular formula is C17H28N4O4. The molecule has 8 nitrogen and oxygen atoms in total. The van der Waals surface area contributed by atoms with Crippen LogP contribution in [0.1, 0.15) is 25.3 Å². The van der Waals surface area contributed by atoms with Crippen LogP contribution in [0.5, 0.6) is 0 Å². The molecule has 0 heterocycles. The van der Waals surface area contributed by atoms with Gasteiger partial charge < -0.3 is 20.1 Å². The summed E-state index contributed by atoms with van der Waals surface area (Å²) in [5, 5.41) is 17.0. The number of hydrogen-bond acceptors (Lipinski definition) is 5. The van der Waals surface area contributed by atoms with E-state index in [1.54, 1.807) is 19.2 Å². The zero-order valence-electron chi connectivity index (χ0n) is 15.0. The van der Waals surface area contributed by atoms with E-state index in [4.69, 9.17) is 9.47 Å². The molecule has 0 atom stereocenters. The van der Waals surface area contributed by atoms with Crippen LogP contribution in [0.15, 0.2) is 29.3 Å². The molecule has 0 radical (unpaired) electrons. The maximum absolute atomic E-state index is 10.8. The number of guanidine groups is 1. The van der Waals surface area contributed by atoms with E-state index in [1.807, 2.05) is 6.07 Å². The van der Waals surface area contributed by atoms with Gasteiger partial charge >= 0.3 is 0 Å². The first-order chi connectivity index (χ1) is 12.2. The number of nitrogens with zero attached hydrogens (tertiary/aromatic N) is 2. The van der Waals surface area contributed by atoms with Gasteiger partial charge in [-0.05, 0) is 12.0 Å². The summed E-state index contributed by atoms with van der Waals surface area (Å²) in [7, 11) is 1.67. The van der Waals surface area contributed by atoms with Crippen molar-refractivity contribution in [2.45, 2.75) is 26.3 Å². The van der Waals surface area contributed by atoms with Crippen molar-refractivity contribution in [3.63, 3.8) is 0 Å². The SMILES string of the molecule is CCCCOCCOCCNC(=NC)NCc1cccc([N+](=O)[O-])c1. The Hall–Kier alpha value is -2.19. The topological polar surface area (TPSA) is 98.0 Å². The first-order valence-corrected chi connectivity index (χ1v) is 8.50. The average molecular weight is 352 g/mol. The largest absolute Gasteiger partial charge is 0.379 e. The molecule has 1 aromatic carbocycles. The smallest absolute Gasteiger partial charge is 0.269 e. The van der Waals surface area contributed by atoms with Gasteiger partial charge in [0.15, 0.2) is 5.96 Å². The maximum Gasteiger partial charge on any atom is 0.269 e. The number of rotatable bonds is 12. The first kappa shape index (κ1) is 20.9. The van der Waals surface area contributed by atoms with Crippen LogP contribution in [0.25, 0.3) is 0 Å². The van der Waals surface area contributed by atoms with Gasteiger partial charge in [0.05, 0.1) is 24.7 Å². The highest BCUT2D eigenvalue weighted by Crippen LogP contribution is 2.12. The summed E-state index contributed by atoms with van der Waals surface area (Å²) in [5.41, 5.74) is 0.898. The van der Waals surface area contributed by atoms with E-state index in [-0.39, 0.29) is 5.69 Å². The Kier molecular flexibility index (Phi) is 11.0. The summed E-state index contributed by atoms with van der Waals surface area (Å²) in [6.45, 7) is 5.72. The van der Waals surface area contributed by atoms with Gasteiger partial charge in [0, 0.05) is 38.9 Å². The number of nitrogens with one attached hydrogen (secondary N) is 2. The van der Waals surface area contributed by atoms with Gasteiger partial charge in [-0.2, -0.15) is 0 Å². The second-order valence-corrected chi connectivity index (χ2v) is 5.36. The lowest BCUT2D eigenvalue weighted by atomic mass is 10.2. The molecule has 0 aliphatic heterocycles. The number of nitro groups is 1. The summed E-state index contributed by atoms with van der Waals surface area (Å²) in [6, 6.07) is 6.51. The van der Waals surface area contributed by atoms with Crippen molar-refractivity contribution in [1.29, 1.82) is 0 Å². The van der Waals surface area contributed by atoms with E-state index in [9.17, 15) is 10.1 Å². The Labute approximate surface area is 148 Å². The van der Waals surface area contributed by atoms with Gasteiger partial charge in [-0.3, -0.25) is 15.1 Å². The van der Waals surface area contributed by atoms with Crippen LogP contribution in [0.2, 0.25) is 0 Å². The van der Waals surface area contributed by atoms with Crippen LogP contribution in [0.3, 0.4) is 0 Å². The molecule has 140 valence electrons. The molecule has 0 aliphatic rings. The number of benzene rings is 1. The highest BCUT2D eigenvalue weighted by Gasteiger charge is 2.06.